The maximum absolute atomic E-state index is 11.3. The lowest BCUT2D eigenvalue weighted by atomic mass is 10.0. The van der Waals surface area contributed by atoms with E-state index in [1.807, 2.05) is 13.8 Å². The van der Waals surface area contributed by atoms with E-state index in [-0.39, 0.29) is 18.1 Å². The molecular formula is C12H26N2O. The topological polar surface area (TPSA) is 41.1 Å². The highest BCUT2D eigenvalue weighted by Crippen LogP contribution is 2.07. The van der Waals surface area contributed by atoms with Gasteiger partial charge in [-0.2, -0.15) is 0 Å². The summed E-state index contributed by atoms with van der Waals surface area (Å²) in [6.07, 6.45) is 3.47. The molecule has 15 heavy (non-hydrogen) atoms. The average Bonchev–Trinajstić information content (AvgIpc) is 2.00. The molecule has 0 saturated heterocycles. The minimum atomic E-state index is -0.0537. The van der Waals surface area contributed by atoms with Crippen molar-refractivity contribution in [3.63, 3.8) is 0 Å². The number of nitrogens with one attached hydrogen (secondary N) is 2. The monoisotopic (exact) mass is 214 g/mol. The van der Waals surface area contributed by atoms with Crippen LogP contribution in [0.1, 0.15) is 53.9 Å². The summed E-state index contributed by atoms with van der Waals surface area (Å²) in [5.74, 6) is 0.752. The molecule has 0 bridgehead atoms. The predicted molar refractivity (Wildman–Crippen MR) is 65.0 cm³/mol. The van der Waals surface area contributed by atoms with Crippen LogP contribution in [-0.4, -0.2) is 18.1 Å². The predicted octanol–water partition coefficient (Wildman–Crippen LogP) is 2.91. The van der Waals surface area contributed by atoms with E-state index in [0.717, 1.165) is 12.3 Å². The zero-order valence-corrected chi connectivity index (χ0v) is 10.8. The molecule has 0 aromatic carbocycles. The van der Waals surface area contributed by atoms with Gasteiger partial charge in [0.2, 0.25) is 0 Å². The van der Waals surface area contributed by atoms with Crippen molar-refractivity contribution < 1.29 is 4.79 Å². The fraction of sp³-hybridized carbons (Fsp3) is 0.917. The van der Waals surface area contributed by atoms with Crippen molar-refractivity contribution in [1.29, 1.82) is 0 Å². The maximum atomic E-state index is 11.3. The van der Waals surface area contributed by atoms with Crippen LogP contribution < -0.4 is 10.6 Å². The van der Waals surface area contributed by atoms with Crippen LogP contribution in [0.25, 0.3) is 0 Å². The Hall–Kier alpha value is -0.730. The molecule has 1 unspecified atom stereocenters. The van der Waals surface area contributed by atoms with Gasteiger partial charge in [-0.3, -0.25) is 0 Å². The number of amides is 2. The summed E-state index contributed by atoms with van der Waals surface area (Å²) in [6, 6.07) is 0.414. The van der Waals surface area contributed by atoms with E-state index in [9.17, 15) is 4.79 Å². The second-order valence-corrected chi connectivity index (χ2v) is 5.00. The van der Waals surface area contributed by atoms with Crippen LogP contribution in [0.5, 0.6) is 0 Å². The fourth-order valence-electron chi connectivity index (χ4n) is 1.43. The maximum Gasteiger partial charge on any atom is 0.315 e. The molecule has 2 N–H and O–H groups in total. The zero-order chi connectivity index (χ0) is 11.8. The van der Waals surface area contributed by atoms with E-state index in [1.165, 1.54) is 12.8 Å². The molecule has 3 heteroatoms. The molecule has 0 saturated carbocycles. The van der Waals surface area contributed by atoms with Crippen LogP contribution in [0.4, 0.5) is 4.79 Å². The third-order valence-corrected chi connectivity index (χ3v) is 2.22. The van der Waals surface area contributed by atoms with E-state index in [4.69, 9.17) is 0 Å². The van der Waals surface area contributed by atoms with Crippen LogP contribution in [0.2, 0.25) is 0 Å². The van der Waals surface area contributed by atoms with Gasteiger partial charge < -0.3 is 10.6 Å². The molecule has 3 nitrogen and oxygen atoms in total. The zero-order valence-electron chi connectivity index (χ0n) is 10.8. The molecule has 0 aromatic rings. The summed E-state index contributed by atoms with van der Waals surface area (Å²) >= 11 is 0. The number of carbonyl (C=O) groups excluding carboxylic acids is 1. The number of hydrogen-bond acceptors (Lipinski definition) is 1. The van der Waals surface area contributed by atoms with Crippen LogP contribution in [-0.2, 0) is 0 Å². The molecule has 0 rings (SSSR count). The first-order valence-corrected chi connectivity index (χ1v) is 5.98. The number of rotatable bonds is 6. The average molecular weight is 214 g/mol. The van der Waals surface area contributed by atoms with Gasteiger partial charge in [-0.05, 0) is 33.1 Å². The van der Waals surface area contributed by atoms with Gasteiger partial charge in [0.15, 0.2) is 0 Å². The Kier molecular flexibility index (Phi) is 7.18. The van der Waals surface area contributed by atoms with Crippen molar-refractivity contribution in [3.05, 3.63) is 0 Å². The van der Waals surface area contributed by atoms with Gasteiger partial charge >= 0.3 is 6.03 Å². The summed E-state index contributed by atoms with van der Waals surface area (Å²) in [7, 11) is 0. The lowest BCUT2D eigenvalue weighted by molar-refractivity contribution is 0.234. The number of urea groups is 1. The van der Waals surface area contributed by atoms with Gasteiger partial charge in [0.1, 0.15) is 0 Å². The van der Waals surface area contributed by atoms with Crippen LogP contribution in [0.15, 0.2) is 0 Å². The molecule has 0 aromatic heterocycles. The fourth-order valence-corrected chi connectivity index (χ4v) is 1.43. The van der Waals surface area contributed by atoms with Crippen LogP contribution in [0, 0.1) is 5.92 Å². The van der Waals surface area contributed by atoms with Gasteiger partial charge in [-0.25, -0.2) is 4.79 Å². The second-order valence-electron chi connectivity index (χ2n) is 5.00. The van der Waals surface area contributed by atoms with Gasteiger partial charge in [0.05, 0.1) is 0 Å². The molecule has 0 fully saturated rings. The summed E-state index contributed by atoms with van der Waals surface area (Å²) in [4.78, 5) is 11.3. The molecule has 0 aliphatic heterocycles. The SMILES string of the molecule is CC(C)CCCC(C)NC(=O)NC(C)C. The van der Waals surface area contributed by atoms with Crippen molar-refractivity contribution in [1.82, 2.24) is 10.6 Å². The highest BCUT2D eigenvalue weighted by atomic mass is 16.2. The minimum absolute atomic E-state index is 0.0537. The lowest BCUT2D eigenvalue weighted by Gasteiger charge is -2.16. The summed E-state index contributed by atoms with van der Waals surface area (Å²) in [5, 5.41) is 5.76. The Balaban J connectivity index is 3.55. The third-order valence-electron chi connectivity index (χ3n) is 2.22. The standard InChI is InChI=1S/C12H26N2O/c1-9(2)7-6-8-11(5)14-12(15)13-10(3)4/h9-11H,6-8H2,1-5H3,(H2,13,14,15). The van der Waals surface area contributed by atoms with E-state index in [2.05, 4.69) is 31.4 Å². The Bertz CT molecular complexity index is 178. The molecule has 0 spiro atoms. The molecule has 1 atom stereocenters. The molecule has 0 heterocycles. The quantitative estimate of drug-likeness (QED) is 0.701. The first-order chi connectivity index (χ1) is 6.91. The summed E-state index contributed by atoms with van der Waals surface area (Å²) < 4.78 is 0. The highest BCUT2D eigenvalue weighted by Gasteiger charge is 2.07. The van der Waals surface area contributed by atoms with Gasteiger partial charge in [-0.15, -0.1) is 0 Å². The highest BCUT2D eigenvalue weighted by molar-refractivity contribution is 5.74. The first-order valence-electron chi connectivity index (χ1n) is 5.98. The van der Waals surface area contributed by atoms with Crippen molar-refractivity contribution in [2.75, 3.05) is 0 Å². The first kappa shape index (κ1) is 14.3. The molecule has 90 valence electrons. The van der Waals surface area contributed by atoms with Crippen molar-refractivity contribution >= 4 is 6.03 Å². The van der Waals surface area contributed by atoms with Crippen LogP contribution >= 0.6 is 0 Å². The molecule has 0 aliphatic rings. The van der Waals surface area contributed by atoms with E-state index in [1.54, 1.807) is 0 Å². The Labute approximate surface area is 94.0 Å². The van der Waals surface area contributed by atoms with Crippen molar-refractivity contribution in [3.8, 4) is 0 Å². The Morgan fingerprint density at radius 3 is 2.07 bits per heavy atom. The Morgan fingerprint density at radius 1 is 1.00 bits per heavy atom. The summed E-state index contributed by atoms with van der Waals surface area (Å²) in [6.45, 7) is 10.4. The minimum Gasteiger partial charge on any atom is -0.336 e. The normalized spacial score (nSPS) is 13.0. The number of carbonyl (C=O) groups is 1. The van der Waals surface area contributed by atoms with Gasteiger partial charge in [0.25, 0.3) is 0 Å². The smallest absolute Gasteiger partial charge is 0.315 e. The molecular weight excluding hydrogens is 188 g/mol. The van der Waals surface area contributed by atoms with Gasteiger partial charge in [0, 0.05) is 12.1 Å². The largest absolute Gasteiger partial charge is 0.336 e. The molecule has 0 radical (unpaired) electrons. The van der Waals surface area contributed by atoms with Gasteiger partial charge in [-0.1, -0.05) is 26.7 Å². The third kappa shape index (κ3) is 9.57. The Morgan fingerprint density at radius 2 is 1.60 bits per heavy atom. The second kappa shape index (κ2) is 7.55. The van der Waals surface area contributed by atoms with E-state index in [0.29, 0.717) is 0 Å². The summed E-state index contributed by atoms with van der Waals surface area (Å²) in [5.41, 5.74) is 0. The molecule has 2 amide bonds. The lowest BCUT2D eigenvalue weighted by Crippen LogP contribution is -2.43. The van der Waals surface area contributed by atoms with E-state index < -0.39 is 0 Å². The molecule has 0 aliphatic carbocycles. The van der Waals surface area contributed by atoms with E-state index >= 15 is 0 Å². The van der Waals surface area contributed by atoms with Crippen LogP contribution in [0.3, 0.4) is 0 Å². The van der Waals surface area contributed by atoms with Crippen molar-refractivity contribution in [2.45, 2.75) is 66.0 Å². The number of hydrogen-bond donors (Lipinski definition) is 2. The van der Waals surface area contributed by atoms with Crippen molar-refractivity contribution in [2.24, 2.45) is 5.92 Å².